The summed E-state index contributed by atoms with van der Waals surface area (Å²) in [6.07, 6.45) is 3.83. The minimum Gasteiger partial charge on any atom is -0.445 e. The van der Waals surface area contributed by atoms with Gasteiger partial charge in [0.25, 0.3) is 0 Å². The lowest BCUT2D eigenvalue weighted by atomic mass is 9.80. The van der Waals surface area contributed by atoms with Crippen LogP contribution in [-0.4, -0.2) is 41.3 Å². The zero-order valence-electron chi connectivity index (χ0n) is 15.9. The highest BCUT2D eigenvalue weighted by atomic mass is 16.5. The van der Waals surface area contributed by atoms with Crippen LogP contribution >= 0.6 is 0 Å². The van der Waals surface area contributed by atoms with Crippen molar-refractivity contribution in [1.29, 1.82) is 0 Å². The van der Waals surface area contributed by atoms with E-state index in [-0.39, 0.29) is 24.5 Å². The van der Waals surface area contributed by atoms with Gasteiger partial charge >= 0.3 is 6.09 Å². The molecule has 3 rings (SSSR count). The van der Waals surface area contributed by atoms with Gasteiger partial charge in [0.15, 0.2) is 0 Å². The fraction of sp³-hybridized carbons (Fsp3) is 0.571. The number of hydrogen-bond acceptors (Lipinski definition) is 4. The quantitative estimate of drug-likeness (QED) is 0.833. The normalized spacial score (nSPS) is 25.5. The summed E-state index contributed by atoms with van der Waals surface area (Å²) in [7, 11) is 0. The molecule has 0 spiro atoms. The number of ketones is 1. The highest BCUT2D eigenvalue weighted by Gasteiger charge is 2.41. The zero-order valence-corrected chi connectivity index (χ0v) is 15.9. The second kappa shape index (κ2) is 9.02. The van der Waals surface area contributed by atoms with E-state index < -0.39 is 12.1 Å². The van der Waals surface area contributed by atoms with Crippen molar-refractivity contribution in [3.63, 3.8) is 0 Å². The first kappa shape index (κ1) is 19.4. The molecular formula is C21H28N2O4. The Morgan fingerprint density at radius 2 is 2.00 bits per heavy atom. The van der Waals surface area contributed by atoms with Gasteiger partial charge in [0.05, 0.1) is 0 Å². The topological polar surface area (TPSA) is 75.7 Å². The van der Waals surface area contributed by atoms with Crippen molar-refractivity contribution in [2.45, 2.75) is 64.1 Å². The number of likely N-dealkylation sites (tertiary alicyclic amines) is 1. The molecule has 0 aromatic heterocycles. The Kier molecular flexibility index (Phi) is 6.48. The second-order valence-corrected chi connectivity index (χ2v) is 7.48. The van der Waals surface area contributed by atoms with E-state index in [1.165, 1.54) is 0 Å². The van der Waals surface area contributed by atoms with Gasteiger partial charge in [-0.1, -0.05) is 43.7 Å². The summed E-state index contributed by atoms with van der Waals surface area (Å²) in [5.74, 6) is 0.492. The van der Waals surface area contributed by atoms with Crippen molar-refractivity contribution in [1.82, 2.24) is 10.2 Å². The van der Waals surface area contributed by atoms with E-state index in [2.05, 4.69) is 12.2 Å². The fourth-order valence-corrected chi connectivity index (χ4v) is 4.22. The maximum absolute atomic E-state index is 12.8. The lowest BCUT2D eigenvalue weighted by Gasteiger charge is -2.37. The third kappa shape index (κ3) is 4.87. The Balaban J connectivity index is 1.53. The number of nitrogens with one attached hydrogen (secondary N) is 1. The first-order valence-corrected chi connectivity index (χ1v) is 9.88. The van der Waals surface area contributed by atoms with Gasteiger partial charge in [-0.3, -0.25) is 9.59 Å². The SMILES string of the molecule is CCC[C@@H]1CC(=O)CC[C@@H]1N1CC[C@H](NC(=O)OCc2ccccc2)C1=O. The zero-order chi connectivity index (χ0) is 19.2. The van der Waals surface area contributed by atoms with Crippen LogP contribution in [0, 0.1) is 5.92 Å². The summed E-state index contributed by atoms with van der Waals surface area (Å²) in [6, 6.07) is 9.02. The van der Waals surface area contributed by atoms with E-state index in [9.17, 15) is 14.4 Å². The lowest BCUT2D eigenvalue weighted by Crippen LogP contribution is -2.48. The first-order chi connectivity index (χ1) is 13.1. The molecule has 1 aromatic carbocycles. The van der Waals surface area contributed by atoms with Gasteiger partial charge in [0.2, 0.25) is 5.91 Å². The molecule has 3 atom stereocenters. The molecule has 2 aliphatic rings. The van der Waals surface area contributed by atoms with Crippen LogP contribution < -0.4 is 5.32 Å². The second-order valence-electron chi connectivity index (χ2n) is 7.48. The van der Waals surface area contributed by atoms with E-state index >= 15 is 0 Å². The molecule has 2 amide bonds. The standard InChI is InChI=1S/C21H28N2O4/c1-2-6-16-13-17(24)9-10-19(16)23-12-11-18(20(23)25)22-21(26)27-14-15-7-4-3-5-8-15/h3-5,7-8,16,18-19H,2,6,9-14H2,1H3,(H,22,26)/t16-,18+,19+/m1/s1. The average Bonchev–Trinajstić information content (AvgIpc) is 3.02. The van der Waals surface area contributed by atoms with Crippen LogP contribution in [0.4, 0.5) is 4.79 Å². The van der Waals surface area contributed by atoms with E-state index in [0.29, 0.717) is 31.6 Å². The molecule has 0 bridgehead atoms. The number of hydrogen-bond donors (Lipinski definition) is 1. The van der Waals surface area contributed by atoms with Crippen molar-refractivity contribution < 1.29 is 19.1 Å². The molecule has 0 unspecified atom stereocenters. The van der Waals surface area contributed by atoms with Crippen LogP contribution in [0.5, 0.6) is 0 Å². The van der Waals surface area contributed by atoms with E-state index in [4.69, 9.17) is 4.74 Å². The molecule has 1 aliphatic carbocycles. The summed E-state index contributed by atoms with van der Waals surface area (Å²) in [5.41, 5.74) is 0.904. The number of amides is 2. The summed E-state index contributed by atoms with van der Waals surface area (Å²) >= 11 is 0. The van der Waals surface area contributed by atoms with Crippen LogP contribution in [0.3, 0.4) is 0 Å². The molecule has 1 heterocycles. The van der Waals surface area contributed by atoms with E-state index in [0.717, 1.165) is 24.8 Å². The van der Waals surface area contributed by atoms with E-state index in [1.807, 2.05) is 35.2 Å². The summed E-state index contributed by atoms with van der Waals surface area (Å²) < 4.78 is 5.23. The van der Waals surface area contributed by atoms with Crippen molar-refractivity contribution in [3.05, 3.63) is 35.9 Å². The van der Waals surface area contributed by atoms with Gasteiger partial charge in [-0.25, -0.2) is 4.79 Å². The number of rotatable bonds is 6. The Labute approximate surface area is 160 Å². The predicted molar refractivity (Wildman–Crippen MR) is 101 cm³/mol. The monoisotopic (exact) mass is 372 g/mol. The first-order valence-electron chi connectivity index (χ1n) is 9.88. The number of Topliss-reactive ketones (excluding diaryl/α,β-unsaturated/α-hetero) is 1. The minimum atomic E-state index is -0.567. The Bertz CT molecular complexity index is 676. The highest BCUT2D eigenvalue weighted by Crippen LogP contribution is 2.32. The molecular weight excluding hydrogens is 344 g/mol. The Morgan fingerprint density at radius 1 is 1.22 bits per heavy atom. The van der Waals surface area contributed by atoms with E-state index in [1.54, 1.807) is 0 Å². The van der Waals surface area contributed by atoms with Crippen LogP contribution in [0.2, 0.25) is 0 Å². The van der Waals surface area contributed by atoms with Crippen LogP contribution in [-0.2, 0) is 20.9 Å². The summed E-state index contributed by atoms with van der Waals surface area (Å²) in [4.78, 5) is 38.6. The van der Waals surface area contributed by atoms with Crippen molar-refractivity contribution in [2.24, 2.45) is 5.92 Å². The maximum Gasteiger partial charge on any atom is 0.408 e. The van der Waals surface area contributed by atoms with Crippen molar-refractivity contribution in [2.75, 3.05) is 6.54 Å². The number of ether oxygens (including phenoxy) is 1. The molecule has 27 heavy (non-hydrogen) atoms. The average molecular weight is 372 g/mol. The van der Waals surface area contributed by atoms with Gasteiger partial charge < -0.3 is 15.0 Å². The molecule has 1 aromatic rings. The van der Waals surface area contributed by atoms with Gasteiger partial charge in [-0.15, -0.1) is 0 Å². The number of benzene rings is 1. The predicted octanol–water partition coefficient (Wildman–Crippen LogP) is 3.05. The van der Waals surface area contributed by atoms with Gasteiger partial charge in [0, 0.05) is 25.4 Å². The molecule has 146 valence electrons. The molecule has 1 saturated carbocycles. The largest absolute Gasteiger partial charge is 0.445 e. The lowest BCUT2D eigenvalue weighted by molar-refractivity contribution is -0.135. The smallest absolute Gasteiger partial charge is 0.408 e. The number of alkyl carbamates (subject to hydrolysis) is 1. The highest BCUT2D eigenvalue weighted by molar-refractivity contribution is 5.88. The van der Waals surface area contributed by atoms with Crippen molar-refractivity contribution >= 4 is 17.8 Å². The summed E-state index contributed by atoms with van der Waals surface area (Å²) in [6.45, 7) is 2.91. The minimum absolute atomic E-state index is 0.0490. The molecule has 1 N–H and O–H groups in total. The number of nitrogens with zero attached hydrogens (tertiary/aromatic N) is 1. The Hall–Kier alpha value is -2.37. The molecule has 0 radical (unpaired) electrons. The van der Waals surface area contributed by atoms with Gasteiger partial charge in [-0.05, 0) is 30.7 Å². The molecule has 6 heteroatoms. The van der Waals surface area contributed by atoms with Crippen LogP contribution in [0.25, 0.3) is 0 Å². The van der Waals surface area contributed by atoms with Gasteiger partial charge in [0.1, 0.15) is 18.4 Å². The molecule has 2 fully saturated rings. The third-order valence-electron chi connectivity index (χ3n) is 5.56. The fourth-order valence-electron chi connectivity index (χ4n) is 4.22. The van der Waals surface area contributed by atoms with Gasteiger partial charge in [-0.2, -0.15) is 0 Å². The Morgan fingerprint density at radius 3 is 2.74 bits per heavy atom. The third-order valence-corrected chi connectivity index (χ3v) is 5.56. The number of carbonyl (C=O) groups is 3. The van der Waals surface area contributed by atoms with Crippen LogP contribution in [0.15, 0.2) is 30.3 Å². The van der Waals surface area contributed by atoms with Crippen molar-refractivity contribution in [3.8, 4) is 0 Å². The molecule has 1 saturated heterocycles. The van der Waals surface area contributed by atoms with Crippen LogP contribution in [0.1, 0.15) is 51.0 Å². The summed E-state index contributed by atoms with van der Waals surface area (Å²) in [5, 5.41) is 2.70. The molecule has 6 nitrogen and oxygen atoms in total. The maximum atomic E-state index is 12.8. The molecule has 1 aliphatic heterocycles. The number of carbonyl (C=O) groups excluding carboxylic acids is 3.